The molecule has 37 heavy (non-hydrogen) atoms. The number of carbonyl (C=O) groups excluding carboxylic acids is 1. The number of hydrogen-bond acceptors (Lipinski definition) is 6. The van der Waals surface area contributed by atoms with Crippen molar-refractivity contribution in [2.45, 2.75) is 31.2 Å². The van der Waals surface area contributed by atoms with Gasteiger partial charge in [-0.05, 0) is 55.3 Å². The summed E-state index contributed by atoms with van der Waals surface area (Å²) in [5.41, 5.74) is 3.01. The van der Waals surface area contributed by atoms with Crippen LogP contribution in [0.1, 0.15) is 16.7 Å². The van der Waals surface area contributed by atoms with Crippen molar-refractivity contribution in [3.05, 3.63) is 106 Å². The number of benzene rings is 3. The van der Waals surface area contributed by atoms with E-state index in [1.807, 2.05) is 31.2 Å². The summed E-state index contributed by atoms with van der Waals surface area (Å²) < 4.78 is 39.7. The molecule has 5 rings (SSSR count). The van der Waals surface area contributed by atoms with Gasteiger partial charge in [0.05, 0.1) is 4.90 Å². The van der Waals surface area contributed by atoms with E-state index in [0.717, 1.165) is 27.6 Å². The topological polar surface area (TPSA) is 118 Å². The summed E-state index contributed by atoms with van der Waals surface area (Å²) in [7, 11) is -4.04. The molecule has 2 N–H and O–H groups in total. The van der Waals surface area contributed by atoms with E-state index in [0.29, 0.717) is 5.39 Å². The van der Waals surface area contributed by atoms with E-state index < -0.39 is 27.7 Å². The molecular formula is C28H24N2O6S. The lowest BCUT2D eigenvalue weighted by Gasteiger charge is -2.18. The van der Waals surface area contributed by atoms with Gasteiger partial charge in [-0.2, -0.15) is 4.72 Å². The number of aromatic nitrogens is 1. The molecule has 2 aromatic heterocycles. The third kappa shape index (κ3) is 5.18. The van der Waals surface area contributed by atoms with Crippen molar-refractivity contribution >= 4 is 37.9 Å². The number of hydrogen-bond donors (Lipinski definition) is 2. The van der Waals surface area contributed by atoms with Crippen molar-refractivity contribution < 1.29 is 22.4 Å². The summed E-state index contributed by atoms with van der Waals surface area (Å²) in [5, 5.41) is 1.58. The average Bonchev–Trinajstić information content (AvgIpc) is 3.26. The van der Waals surface area contributed by atoms with Crippen LogP contribution >= 0.6 is 0 Å². The van der Waals surface area contributed by atoms with Crippen LogP contribution in [-0.2, 0) is 21.2 Å². The van der Waals surface area contributed by atoms with E-state index in [1.54, 1.807) is 37.4 Å². The number of para-hydroxylation sites is 1. The Morgan fingerprint density at radius 2 is 1.76 bits per heavy atom. The molecule has 8 nitrogen and oxygen atoms in total. The van der Waals surface area contributed by atoms with Gasteiger partial charge in [-0.3, -0.25) is 0 Å². The fourth-order valence-electron chi connectivity index (χ4n) is 4.22. The van der Waals surface area contributed by atoms with Crippen LogP contribution < -0.4 is 15.1 Å². The van der Waals surface area contributed by atoms with E-state index in [4.69, 9.17) is 9.15 Å². The summed E-state index contributed by atoms with van der Waals surface area (Å²) >= 11 is 0. The summed E-state index contributed by atoms with van der Waals surface area (Å²) in [6.45, 7) is 3.64. The molecule has 0 fully saturated rings. The highest BCUT2D eigenvalue weighted by Gasteiger charge is 2.29. The Bertz CT molecular complexity index is 1790. The van der Waals surface area contributed by atoms with Gasteiger partial charge in [0.15, 0.2) is 0 Å². The van der Waals surface area contributed by atoms with E-state index >= 15 is 0 Å². The predicted molar refractivity (Wildman–Crippen MR) is 140 cm³/mol. The normalized spacial score (nSPS) is 12.6. The summed E-state index contributed by atoms with van der Waals surface area (Å²) in [6.07, 6.45) is 1.80. The summed E-state index contributed by atoms with van der Waals surface area (Å²) in [6, 6.07) is 18.7. The van der Waals surface area contributed by atoms with Gasteiger partial charge < -0.3 is 14.1 Å². The third-order valence-electron chi connectivity index (χ3n) is 6.15. The van der Waals surface area contributed by atoms with Crippen molar-refractivity contribution in [2.75, 3.05) is 0 Å². The number of aryl methyl sites for hydroxylation is 2. The average molecular weight is 517 g/mol. The second-order valence-electron chi connectivity index (χ2n) is 8.88. The lowest BCUT2D eigenvalue weighted by atomic mass is 10.1. The Hall–Kier alpha value is -4.21. The molecule has 0 bridgehead atoms. The van der Waals surface area contributed by atoms with E-state index in [1.165, 1.54) is 24.3 Å². The maximum atomic E-state index is 13.4. The lowest BCUT2D eigenvalue weighted by molar-refractivity contribution is -0.136. The predicted octanol–water partition coefficient (Wildman–Crippen LogP) is 4.39. The van der Waals surface area contributed by atoms with Crippen LogP contribution in [0.4, 0.5) is 0 Å². The first-order chi connectivity index (χ1) is 17.7. The van der Waals surface area contributed by atoms with Gasteiger partial charge in [-0.1, -0.05) is 35.9 Å². The SMILES string of the molecule is Cc1ccc(S(=O)(=O)N[C@H](Cc2c[nH]c3ccccc23)C(=O)Oc2ccc3c(C)cc(=O)oc3c2)cc1. The largest absolute Gasteiger partial charge is 0.425 e. The second-order valence-corrected chi connectivity index (χ2v) is 10.6. The minimum atomic E-state index is -4.04. The minimum Gasteiger partial charge on any atom is -0.425 e. The van der Waals surface area contributed by atoms with Crippen LogP contribution in [0.25, 0.3) is 21.9 Å². The van der Waals surface area contributed by atoms with Gasteiger partial charge in [0.1, 0.15) is 17.4 Å². The summed E-state index contributed by atoms with van der Waals surface area (Å²) in [5.74, 6) is -0.667. The fraction of sp³-hybridized carbons (Fsp3) is 0.143. The number of carbonyl (C=O) groups is 1. The molecule has 0 radical (unpaired) electrons. The molecular weight excluding hydrogens is 492 g/mol. The Morgan fingerprint density at radius 1 is 1.00 bits per heavy atom. The molecule has 3 aromatic carbocycles. The standard InChI is InChI=1S/C28H24N2O6S/c1-17-7-10-21(11-8-17)37(33,34)30-25(14-19-16-29-24-6-4-3-5-23(19)24)28(32)35-20-9-12-22-18(2)13-27(31)36-26(22)15-20/h3-13,15-16,25,29-30H,14H2,1-2H3/t25-/m1/s1. The molecule has 2 heterocycles. The van der Waals surface area contributed by atoms with Crippen molar-refractivity contribution in [1.29, 1.82) is 0 Å². The van der Waals surface area contributed by atoms with Crippen molar-refractivity contribution in [1.82, 2.24) is 9.71 Å². The van der Waals surface area contributed by atoms with Gasteiger partial charge in [0, 0.05) is 41.0 Å². The zero-order valence-electron chi connectivity index (χ0n) is 20.1. The molecule has 0 saturated carbocycles. The van der Waals surface area contributed by atoms with Crippen LogP contribution in [0.2, 0.25) is 0 Å². The first kappa shape index (κ1) is 24.5. The second kappa shape index (κ2) is 9.68. The first-order valence-corrected chi connectivity index (χ1v) is 13.1. The van der Waals surface area contributed by atoms with Gasteiger partial charge in [0.2, 0.25) is 10.0 Å². The number of nitrogens with one attached hydrogen (secondary N) is 2. The number of esters is 1. The van der Waals surface area contributed by atoms with Crippen LogP contribution in [0.3, 0.4) is 0 Å². The Morgan fingerprint density at radius 3 is 2.54 bits per heavy atom. The Kier molecular flexibility index (Phi) is 6.41. The quantitative estimate of drug-likeness (QED) is 0.188. The van der Waals surface area contributed by atoms with Gasteiger partial charge in [-0.25, -0.2) is 18.0 Å². The number of rotatable bonds is 7. The molecule has 188 valence electrons. The molecule has 1 atom stereocenters. The molecule has 0 spiro atoms. The highest BCUT2D eigenvalue weighted by atomic mass is 32.2. The molecule has 0 aliphatic heterocycles. The van der Waals surface area contributed by atoms with Gasteiger partial charge >= 0.3 is 11.6 Å². The minimum absolute atomic E-state index is 0.0396. The number of fused-ring (bicyclic) bond motifs is 2. The molecule has 0 aliphatic carbocycles. The maximum Gasteiger partial charge on any atom is 0.336 e. The smallest absolute Gasteiger partial charge is 0.336 e. The van der Waals surface area contributed by atoms with Crippen molar-refractivity contribution in [3.63, 3.8) is 0 Å². The number of aromatic amines is 1. The highest BCUT2D eigenvalue weighted by Crippen LogP contribution is 2.24. The third-order valence-corrected chi connectivity index (χ3v) is 7.64. The lowest BCUT2D eigenvalue weighted by Crippen LogP contribution is -2.44. The Balaban J connectivity index is 1.48. The first-order valence-electron chi connectivity index (χ1n) is 11.6. The van der Waals surface area contributed by atoms with Crippen LogP contribution in [0.5, 0.6) is 5.75 Å². The van der Waals surface area contributed by atoms with Crippen LogP contribution in [-0.4, -0.2) is 25.4 Å². The Labute approximate surface area is 212 Å². The molecule has 0 aliphatic rings. The van der Waals surface area contributed by atoms with Crippen LogP contribution in [0.15, 0.2) is 93.1 Å². The van der Waals surface area contributed by atoms with Gasteiger partial charge in [-0.15, -0.1) is 0 Å². The van der Waals surface area contributed by atoms with E-state index in [9.17, 15) is 18.0 Å². The van der Waals surface area contributed by atoms with Crippen molar-refractivity contribution in [3.8, 4) is 5.75 Å². The number of sulfonamides is 1. The molecule has 9 heteroatoms. The van der Waals surface area contributed by atoms with E-state index in [-0.39, 0.29) is 22.6 Å². The summed E-state index contributed by atoms with van der Waals surface area (Å²) in [4.78, 5) is 28.3. The monoisotopic (exact) mass is 516 g/mol. The zero-order valence-corrected chi connectivity index (χ0v) is 21.0. The zero-order chi connectivity index (χ0) is 26.2. The maximum absolute atomic E-state index is 13.4. The highest BCUT2D eigenvalue weighted by molar-refractivity contribution is 7.89. The fourth-order valence-corrected chi connectivity index (χ4v) is 5.41. The van der Waals surface area contributed by atoms with Gasteiger partial charge in [0.25, 0.3) is 0 Å². The van der Waals surface area contributed by atoms with Crippen LogP contribution in [0, 0.1) is 13.8 Å². The number of ether oxygens (including phenoxy) is 1. The molecule has 0 saturated heterocycles. The van der Waals surface area contributed by atoms with Crippen molar-refractivity contribution in [2.24, 2.45) is 0 Å². The molecule has 0 amide bonds. The number of H-pyrrole nitrogens is 1. The van der Waals surface area contributed by atoms with E-state index in [2.05, 4.69) is 9.71 Å². The molecule has 0 unspecified atom stereocenters. The molecule has 5 aromatic rings.